The summed E-state index contributed by atoms with van der Waals surface area (Å²) in [6, 6.07) is 11.9. The Labute approximate surface area is 112 Å². The lowest BCUT2D eigenvalue weighted by Crippen LogP contribution is -2.44. The number of nitrogens with zero attached hydrogens (tertiary/aromatic N) is 1. The highest BCUT2D eigenvalue weighted by Crippen LogP contribution is 2.27. The molecule has 0 aromatic heterocycles. The van der Waals surface area contributed by atoms with E-state index in [1.165, 1.54) is 5.56 Å². The summed E-state index contributed by atoms with van der Waals surface area (Å²) in [4.78, 5) is 11.6. The predicted octanol–water partition coefficient (Wildman–Crippen LogP) is 1.93. The van der Waals surface area contributed by atoms with Gasteiger partial charge in [-0.1, -0.05) is 30.3 Å². The number of carbonyl (C=O) groups is 1. The van der Waals surface area contributed by atoms with Gasteiger partial charge < -0.3 is 10.1 Å². The van der Waals surface area contributed by atoms with Crippen LogP contribution in [-0.2, 0) is 16.0 Å². The molecule has 1 aliphatic rings. The first-order valence-corrected chi connectivity index (χ1v) is 6.18. The molecule has 4 heteroatoms. The van der Waals surface area contributed by atoms with Gasteiger partial charge >= 0.3 is 0 Å². The van der Waals surface area contributed by atoms with Crippen molar-refractivity contribution in [3.05, 3.63) is 47.0 Å². The molecule has 1 amide bonds. The Bertz CT molecular complexity index is 557. The van der Waals surface area contributed by atoms with Gasteiger partial charge in [0, 0.05) is 5.57 Å². The summed E-state index contributed by atoms with van der Waals surface area (Å²) in [5.41, 5.74) is 1.12. The molecule has 1 atom stereocenters. The number of amides is 1. The first-order valence-electron chi connectivity index (χ1n) is 6.18. The van der Waals surface area contributed by atoms with E-state index in [2.05, 4.69) is 5.32 Å². The van der Waals surface area contributed by atoms with Crippen LogP contribution >= 0.6 is 0 Å². The van der Waals surface area contributed by atoms with E-state index in [4.69, 9.17) is 10.00 Å². The molecule has 1 heterocycles. The Balaban J connectivity index is 1.99. The lowest BCUT2D eigenvalue weighted by molar-refractivity contribution is -0.122. The Morgan fingerprint density at radius 2 is 2.05 bits per heavy atom. The minimum absolute atomic E-state index is 0.155. The molecule has 0 radical (unpaired) electrons. The lowest BCUT2D eigenvalue weighted by Gasteiger charge is -2.26. The van der Waals surface area contributed by atoms with Gasteiger partial charge in [0.15, 0.2) is 5.72 Å². The molecular formula is C15H16N2O2. The molecule has 4 nitrogen and oxygen atoms in total. The number of carbonyl (C=O) groups excluding carboxylic acids is 1. The number of ether oxygens (including phenoxy) is 1. The molecule has 0 spiro atoms. The van der Waals surface area contributed by atoms with Crippen LogP contribution in [0.3, 0.4) is 0 Å². The van der Waals surface area contributed by atoms with Crippen molar-refractivity contribution in [3.63, 3.8) is 0 Å². The number of hydrogen-bond donors (Lipinski definition) is 1. The Morgan fingerprint density at radius 3 is 2.63 bits per heavy atom. The molecule has 1 N–H and O–H groups in total. The third-order valence-corrected chi connectivity index (χ3v) is 3.41. The molecule has 98 valence electrons. The minimum atomic E-state index is -0.864. The second kappa shape index (κ2) is 5.25. The maximum atomic E-state index is 11.6. The molecule has 0 saturated heterocycles. The average Bonchev–Trinajstić information content (AvgIpc) is 2.61. The highest BCUT2D eigenvalue weighted by molar-refractivity contribution is 6.01. The highest BCUT2D eigenvalue weighted by Gasteiger charge is 2.39. The zero-order valence-electron chi connectivity index (χ0n) is 11.1. The van der Waals surface area contributed by atoms with E-state index < -0.39 is 5.72 Å². The van der Waals surface area contributed by atoms with Crippen molar-refractivity contribution in [2.75, 3.05) is 6.61 Å². The van der Waals surface area contributed by atoms with Crippen LogP contribution in [0.1, 0.15) is 19.4 Å². The maximum Gasteiger partial charge on any atom is 0.264 e. The van der Waals surface area contributed by atoms with E-state index in [1.54, 1.807) is 13.8 Å². The Morgan fingerprint density at radius 1 is 1.37 bits per heavy atom. The summed E-state index contributed by atoms with van der Waals surface area (Å²) in [6.07, 6.45) is 0.765. The lowest BCUT2D eigenvalue weighted by atomic mass is 10.1. The van der Waals surface area contributed by atoms with Gasteiger partial charge in [-0.25, -0.2) is 0 Å². The third kappa shape index (κ3) is 2.67. The van der Waals surface area contributed by atoms with Crippen molar-refractivity contribution in [3.8, 4) is 6.07 Å². The molecule has 19 heavy (non-hydrogen) atoms. The molecule has 2 rings (SSSR count). The van der Waals surface area contributed by atoms with Gasteiger partial charge in [0.05, 0.1) is 6.61 Å². The standard InChI is InChI=1S/C15H16N2O2/c1-11-13(10-16)14(18)17-15(11,2)19-9-8-12-6-4-3-5-7-12/h3-7H,8-9H2,1-2H3,(H,17,18). The normalized spacial score (nSPS) is 22.3. The summed E-state index contributed by atoms with van der Waals surface area (Å²) >= 11 is 0. The van der Waals surface area contributed by atoms with E-state index in [1.807, 2.05) is 36.4 Å². The van der Waals surface area contributed by atoms with E-state index in [0.717, 1.165) is 6.42 Å². The van der Waals surface area contributed by atoms with E-state index in [9.17, 15) is 4.79 Å². The predicted molar refractivity (Wildman–Crippen MR) is 71.0 cm³/mol. The fraction of sp³-hybridized carbons (Fsp3) is 0.333. The van der Waals surface area contributed by atoms with Crippen LogP contribution in [0.15, 0.2) is 41.5 Å². The summed E-state index contributed by atoms with van der Waals surface area (Å²) in [7, 11) is 0. The molecule has 1 aromatic carbocycles. The number of nitriles is 1. The first-order chi connectivity index (χ1) is 9.07. The second-order valence-electron chi connectivity index (χ2n) is 4.68. The van der Waals surface area contributed by atoms with Crippen LogP contribution in [0.2, 0.25) is 0 Å². The summed E-state index contributed by atoms with van der Waals surface area (Å²) < 4.78 is 5.77. The molecule has 0 aliphatic carbocycles. The molecule has 0 bridgehead atoms. The number of benzene rings is 1. The van der Waals surface area contributed by atoms with Gasteiger partial charge in [0.2, 0.25) is 0 Å². The second-order valence-corrected chi connectivity index (χ2v) is 4.68. The Kier molecular flexibility index (Phi) is 3.68. The van der Waals surface area contributed by atoms with Gasteiger partial charge in [-0.15, -0.1) is 0 Å². The average molecular weight is 256 g/mol. The molecular weight excluding hydrogens is 240 g/mol. The topological polar surface area (TPSA) is 62.1 Å². The van der Waals surface area contributed by atoms with Crippen molar-refractivity contribution in [2.45, 2.75) is 26.0 Å². The minimum Gasteiger partial charge on any atom is -0.352 e. The van der Waals surface area contributed by atoms with E-state index in [-0.39, 0.29) is 11.5 Å². The number of nitrogens with one attached hydrogen (secondary N) is 1. The van der Waals surface area contributed by atoms with E-state index in [0.29, 0.717) is 12.2 Å². The molecule has 0 fully saturated rings. The van der Waals surface area contributed by atoms with Crippen LogP contribution in [0.4, 0.5) is 0 Å². The van der Waals surface area contributed by atoms with Crippen molar-refractivity contribution < 1.29 is 9.53 Å². The quantitative estimate of drug-likeness (QED) is 0.895. The SMILES string of the molecule is CC1=C(C#N)C(=O)NC1(C)OCCc1ccccc1. The van der Waals surface area contributed by atoms with Crippen molar-refractivity contribution >= 4 is 5.91 Å². The van der Waals surface area contributed by atoms with Crippen molar-refractivity contribution in [2.24, 2.45) is 0 Å². The van der Waals surface area contributed by atoms with Crippen LogP contribution < -0.4 is 5.32 Å². The van der Waals surface area contributed by atoms with Crippen molar-refractivity contribution in [1.82, 2.24) is 5.32 Å². The largest absolute Gasteiger partial charge is 0.352 e. The van der Waals surface area contributed by atoms with Gasteiger partial charge in [-0.3, -0.25) is 4.79 Å². The molecule has 1 aliphatic heterocycles. The monoisotopic (exact) mass is 256 g/mol. The molecule has 0 saturated carbocycles. The summed E-state index contributed by atoms with van der Waals surface area (Å²) in [5, 5.41) is 11.6. The Hall–Kier alpha value is -2.12. The van der Waals surface area contributed by atoms with Crippen LogP contribution in [0.25, 0.3) is 0 Å². The fourth-order valence-electron chi connectivity index (χ4n) is 2.08. The van der Waals surface area contributed by atoms with Gasteiger partial charge in [-0.2, -0.15) is 5.26 Å². The van der Waals surface area contributed by atoms with E-state index >= 15 is 0 Å². The summed E-state index contributed by atoms with van der Waals surface area (Å²) in [6.45, 7) is 4.01. The highest BCUT2D eigenvalue weighted by atomic mass is 16.5. The number of hydrogen-bond acceptors (Lipinski definition) is 3. The van der Waals surface area contributed by atoms with Gasteiger partial charge in [0.1, 0.15) is 11.6 Å². The summed E-state index contributed by atoms with van der Waals surface area (Å²) in [5.74, 6) is -0.359. The van der Waals surface area contributed by atoms with Crippen LogP contribution in [0.5, 0.6) is 0 Å². The zero-order valence-corrected chi connectivity index (χ0v) is 11.1. The maximum absolute atomic E-state index is 11.6. The van der Waals surface area contributed by atoms with Crippen LogP contribution in [-0.4, -0.2) is 18.2 Å². The molecule has 1 unspecified atom stereocenters. The van der Waals surface area contributed by atoms with Gasteiger partial charge in [0.25, 0.3) is 5.91 Å². The zero-order chi connectivity index (χ0) is 13.9. The third-order valence-electron chi connectivity index (χ3n) is 3.41. The van der Waals surface area contributed by atoms with Gasteiger partial charge in [-0.05, 0) is 25.8 Å². The fourth-order valence-corrected chi connectivity index (χ4v) is 2.08. The number of rotatable bonds is 4. The smallest absolute Gasteiger partial charge is 0.264 e. The van der Waals surface area contributed by atoms with Crippen molar-refractivity contribution in [1.29, 1.82) is 5.26 Å². The first kappa shape index (κ1) is 13.3. The van der Waals surface area contributed by atoms with Crippen LogP contribution in [0, 0.1) is 11.3 Å². The molecule has 1 aromatic rings.